The average molecular weight is 461 g/mol. The van der Waals surface area contributed by atoms with Crippen LogP contribution in [0.3, 0.4) is 0 Å². The highest BCUT2D eigenvalue weighted by molar-refractivity contribution is 14.0. The van der Waals surface area contributed by atoms with Gasteiger partial charge in [0.25, 0.3) is 0 Å². The molecule has 2 rings (SSSR count). The number of nitrogens with zero attached hydrogens (tertiary/aromatic N) is 1. The number of aliphatic imine (C=N–C) groups is 1. The number of guanidine groups is 1. The number of nitrogens with one attached hydrogen (secondary N) is 2. The van der Waals surface area contributed by atoms with E-state index in [4.69, 9.17) is 9.15 Å². The first-order valence-corrected chi connectivity index (χ1v) is 8.06. The standard InChI is InChI=1S/C18H24FN3O2.HI/c1-23-14-12-22-18(21-11-9-16-6-4-13-24-16)20-10-8-15-5-2-3-7-17(15)19;/h2-7,13H,8-12,14H2,1H3,(H2,20,21,22);1H. The van der Waals surface area contributed by atoms with Crippen molar-refractivity contribution in [3.8, 4) is 0 Å². The van der Waals surface area contributed by atoms with Gasteiger partial charge in [-0.1, -0.05) is 18.2 Å². The van der Waals surface area contributed by atoms with Crippen LogP contribution < -0.4 is 10.6 Å². The summed E-state index contributed by atoms with van der Waals surface area (Å²) in [6.07, 6.45) is 3.02. The third-order valence-electron chi connectivity index (χ3n) is 3.45. The van der Waals surface area contributed by atoms with Crippen LogP contribution in [-0.4, -0.2) is 39.3 Å². The number of benzene rings is 1. The Hall–Kier alpha value is -1.61. The van der Waals surface area contributed by atoms with Crippen LogP contribution in [0.1, 0.15) is 11.3 Å². The van der Waals surface area contributed by atoms with Gasteiger partial charge in [0.1, 0.15) is 11.6 Å². The molecule has 0 amide bonds. The molecule has 25 heavy (non-hydrogen) atoms. The summed E-state index contributed by atoms with van der Waals surface area (Å²) in [5.74, 6) is 1.43. The van der Waals surface area contributed by atoms with Gasteiger partial charge in [-0.05, 0) is 30.2 Å². The zero-order valence-corrected chi connectivity index (χ0v) is 16.7. The molecule has 5 nitrogen and oxygen atoms in total. The minimum Gasteiger partial charge on any atom is -0.469 e. The molecule has 0 spiro atoms. The van der Waals surface area contributed by atoms with Crippen LogP contribution in [0.4, 0.5) is 4.39 Å². The lowest BCUT2D eigenvalue weighted by atomic mass is 10.1. The van der Waals surface area contributed by atoms with Crippen LogP contribution in [0, 0.1) is 5.82 Å². The van der Waals surface area contributed by atoms with E-state index in [1.165, 1.54) is 6.07 Å². The minimum absolute atomic E-state index is 0. The minimum atomic E-state index is -0.178. The molecule has 0 saturated heterocycles. The average Bonchev–Trinajstić information content (AvgIpc) is 3.10. The van der Waals surface area contributed by atoms with E-state index in [0.29, 0.717) is 44.2 Å². The van der Waals surface area contributed by atoms with Crippen LogP contribution in [0.15, 0.2) is 52.1 Å². The second-order valence-electron chi connectivity index (χ2n) is 5.25. The number of rotatable bonds is 9. The van der Waals surface area contributed by atoms with Crippen LogP contribution in [0.5, 0.6) is 0 Å². The zero-order valence-electron chi connectivity index (χ0n) is 14.3. The second kappa shape index (κ2) is 12.7. The fourth-order valence-corrected chi connectivity index (χ4v) is 2.20. The Bertz CT molecular complexity index is 621. The van der Waals surface area contributed by atoms with Crippen molar-refractivity contribution in [2.45, 2.75) is 12.8 Å². The summed E-state index contributed by atoms with van der Waals surface area (Å²) in [5, 5.41) is 6.47. The van der Waals surface area contributed by atoms with Gasteiger partial charge in [0.2, 0.25) is 0 Å². The van der Waals surface area contributed by atoms with Crippen molar-refractivity contribution in [3.63, 3.8) is 0 Å². The van der Waals surface area contributed by atoms with E-state index in [1.807, 2.05) is 18.2 Å². The molecule has 0 fully saturated rings. The first-order chi connectivity index (χ1) is 11.8. The number of methoxy groups -OCH3 is 1. The van der Waals surface area contributed by atoms with E-state index in [9.17, 15) is 4.39 Å². The van der Waals surface area contributed by atoms with Crippen molar-refractivity contribution in [2.75, 3.05) is 33.4 Å². The van der Waals surface area contributed by atoms with E-state index in [2.05, 4.69) is 15.6 Å². The molecule has 2 aromatic rings. The highest BCUT2D eigenvalue weighted by Crippen LogP contribution is 2.06. The fraction of sp³-hybridized carbons (Fsp3) is 0.389. The van der Waals surface area contributed by atoms with E-state index in [0.717, 1.165) is 12.2 Å². The third-order valence-corrected chi connectivity index (χ3v) is 3.45. The summed E-state index contributed by atoms with van der Waals surface area (Å²) in [4.78, 5) is 4.43. The van der Waals surface area contributed by atoms with Crippen LogP contribution in [0.25, 0.3) is 0 Å². The van der Waals surface area contributed by atoms with Crippen LogP contribution >= 0.6 is 24.0 Å². The Labute approximate surface area is 165 Å². The van der Waals surface area contributed by atoms with Crippen LogP contribution in [-0.2, 0) is 17.6 Å². The fourth-order valence-electron chi connectivity index (χ4n) is 2.20. The van der Waals surface area contributed by atoms with Crippen molar-refractivity contribution in [1.82, 2.24) is 10.6 Å². The van der Waals surface area contributed by atoms with Gasteiger partial charge in [-0.3, -0.25) is 4.99 Å². The molecule has 138 valence electrons. The molecule has 1 aromatic carbocycles. The van der Waals surface area contributed by atoms with Gasteiger partial charge < -0.3 is 19.8 Å². The Morgan fingerprint density at radius 3 is 2.56 bits per heavy atom. The summed E-state index contributed by atoms with van der Waals surface area (Å²) in [6.45, 7) is 2.41. The van der Waals surface area contributed by atoms with Gasteiger partial charge in [0, 0.05) is 26.6 Å². The molecule has 1 aromatic heterocycles. The van der Waals surface area contributed by atoms with Gasteiger partial charge in [0.15, 0.2) is 5.96 Å². The summed E-state index contributed by atoms with van der Waals surface area (Å²) in [7, 11) is 1.64. The molecular weight excluding hydrogens is 436 g/mol. The lowest BCUT2D eigenvalue weighted by molar-refractivity contribution is 0.208. The van der Waals surface area contributed by atoms with Gasteiger partial charge in [-0.2, -0.15) is 0 Å². The van der Waals surface area contributed by atoms with E-state index in [-0.39, 0.29) is 29.8 Å². The van der Waals surface area contributed by atoms with Gasteiger partial charge in [0.05, 0.1) is 19.4 Å². The third kappa shape index (κ3) is 8.35. The number of halogens is 2. The van der Waals surface area contributed by atoms with Crippen molar-refractivity contribution >= 4 is 29.9 Å². The van der Waals surface area contributed by atoms with E-state index >= 15 is 0 Å². The monoisotopic (exact) mass is 461 g/mol. The van der Waals surface area contributed by atoms with Crippen LogP contribution in [0.2, 0.25) is 0 Å². The molecule has 0 bridgehead atoms. The summed E-state index contributed by atoms with van der Waals surface area (Å²) in [6, 6.07) is 10.6. The topological polar surface area (TPSA) is 58.8 Å². The predicted molar refractivity (Wildman–Crippen MR) is 108 cm³/mol. The maximum atomic E-state index is 13.6. The number of hydrogen-bond acceptors (Lipinski definition) is 3. The lowest BCUT2D eigenvalue weighted by Gasteiger charge is -2.12. The smallest absolute Gasteiger partial charge is 0.191 e. The van der Waals surface area contributed by atoms with Crippen molar-refractivity contribution in [1.29, 1.82) is 0 Å². The van der Waals surface area contributed by atoms with Crippen molar-refractivity contribution < 1.29 is 13.5 Å². The Morgan fingerprint density at radius 1 is 1.12 bits per heavy atom. The predicted octanol–water partition coefficient (Wildman–Crippen LogP) is 3.00. The molecule has 0 saturated carbocycles. The molecule has 0 aliphatic heterocycles. The van der Waals surface area contributed by atoms with E-state index < -0.39 is 0 Å². The van der Waals surface area contributed by atoms with Gasteiger partial charge in [-0.15, -0.1) is 24.0 Å². The Morgan fingerprint density at radius 2 is 1.88 bits per heavy atom. The number of furan rings is 1. The quantitative estimate of drug-likeness (QED) is 0.261. The highest BCUT2D eigenvalue weighted by Gasteiger charge is 2.03. The summed E-state index contributed by atoms with van der Waals surface area (Å²) in [5.41, 5.74) is 0.692. The van der Waals surface area contributed by atoms with Crippen molar-refractivity contribution in [3.05, 3.63) is 59.8 Å². The molecule has 0 unspecified atom stereocenters. The summed E-state index contributed by atoms with van der Waals surface area (Å²) < 4.78 is 23.9. The molecule has 0 aliphatic rings. The Kier molecular flexibility index (Phi) is 10.9. The molecule has 0 aliphatic carbocycles. The largest absolute Gasteiger partial charge is 0.469 e. The number of ether oxygens (including phenoxy) is 1. The SMILES string of the molecule is COCCN=C(NCCc1ccco1)NCCc1ccccc1F.I. The van der Waals surface area contributed by atoms with E-state index in [1.54, 1.807) is 25.5 Å². The van der Waals surface area contributed by atoms with Crippen molar-refractivity contribution in [2.24, 2.45) is 4.99 Å². The summed E-state index contributed by atoms with van der Waals surface area (Å²) >= 11 is 0. The molecule has 2 N–H and O–H groups in total. The molecular formula is C18H25FIN3O2. The number of hydrogen-bond donors (Lipinski definition) is 2. The first-order valence-electron chi connectivity index (χ1n) is 8.06. The maximum Gasteiger partial charge on any atom is 0.191 e. The maximum absolute atomic E-state index is 13.6. The van der Waals surface area contributed by atoms with Gasteiger partial charge in [-0.25, -0.2) is 4.39 Å². The molecule has 7 heteroatoms. The molecule has 1 heterocycles. The van der Waals surface area contributed by atoms with Gasteiger partial charge >= 0.3 is 0 Å². The lowest BCUT2D eigenvalue weighted by Crippen LogP contribution is -2.39. The Balaban J connectivity index is 0.00000312. The second-order valence-corrected chi connectivity index (χ2v) is 5.25. The molecule has 0 atom stereocenters. The first kappa shape index (κ1) is 21.4. The normalized spacial score (nSPS) is 11.0. The zero-order chi connectivity index (χ0) is 17.0. The molecule has 0 radical (unpaired) electrons. The highest BCUT2D eigenvalue weighted by atomic mass is 127.